The largest absolute Gasteiger partial charge is 0.475 e. The molecule has 0 radical (unpaired) electrons. The van der Waals surface area contributed by atoms with Crippen molar-refractivity contribution in [3.8, 4) is 0 Å². The van der Waals surface area contributed by atoms with Crippen molar-refractivity contribution >= 4 is 34.2 Å². The van der Waals surface area contributed by atoms with Gasteiger partial charge in [-0.3, -0.25) is 4.90 Å². The predicted octanol–water partition coefficient (Wildman–Crippen LogP) is 4.55. The number of carbonyl (C=O) groups is 1. The number of furan rings is 1. The minimum atomic E-state index is -1.07. The van der Waals surface area contributed by atoms with E-state index in [1.807, 2.05) is 19.1 Å². The summed E-state index contributed by atoms with van der Waals surface area (Å²) in [5, 5.41) is 10.4. The van der Waals surface area contributed by atoms with Gasteiger partial charge in [0.2, 0.25) is 5.76 Å². The Hall–Kier alpha value is -2.57. The number of carboxylic acids is 1. The number of hydrogen-bond acceptors (Lipinski definition) is 4. The van der Waals surface area contributed by atoms with Crippen molar-refractivity contribution in [3.63, 3.8) is 0 Å². The lowest BCUT2D eigenvalue weighted by atomic mass is 10.1. The second kappa shape index (κ2) is 7.45. The molecular weight excluding hydrogens is 383 g/mol. The van der Waals surface area contributed by atoms with Crippen molar-refractivity contribution in [2.45, 2.75) is 13.5 Å². The van der Waals surface area contributed by atoms with Crippen LogP contribution in [-0.4, -0.2) is 42.2 Å². The Morgan fingerprint density at radius 3 is 2.64 bits per heavy atom. The van der Waals surface area contributed by atoms with Gasteiger partial charge >= 0.3 is 5.97 Å². The Morgan fingerprint density at radius 1 is 1.21 bits per heavy atom. The van der Waals surface area contributed by atoms with E-state index >= 15 is 0 Å². The van der Waals surface area contributed by atoms with Crippen LogP contribution in [0.25, 0.3) is 11.0 Å². The van der Waals surface area contributed by atoms with E-state index in [9.17, 15) is 9.18 Å². The molecule has 3 aromatic rings. The second-order valence-electron chi connectivity index (χ2n) is 7.00. The van der Waals surface area contributed by atoms with Crippen LogP contribution >= 0.6 is 11.6 Å². The summed E-state index contributed by atoms with van der Waals surface area (Å²) in [5.41, 5.74) is 3.18. The van der Waals surface area contributed by atoms with Crippen LogP contribution in [-0.2, 0) is 6.54 Å². The third-order valence-electron chi connectivity index (χ3n) is 5.31. The first-order valence-corrected chi connectivity index (χ1v) is 9.48. The van der Waals surface area contributed by atoms with Gasteiger partial charge in [0.1, 0.15) is 11.4 Å². The first kappa shape index (κ1) is 18.8. The summed E-state index contributed by atoms with van der Waals surface area (Å²) in [6.07, 6.45) is 0. The molecule has 146 valence electrons. The van der Waals surface area contributed by atoms with Crippen molar-refractivity contribution in [1.82, 2.24) is 4.90 Å². The van der Waals surface area contributed by atoms with Gasteiger partial charge in [0.25, 0.3) is 0 Å². The maximum Gasteiger partial charge on any atom is 0.371 e. The van der Waals surface area contributed by atoms with Gasteiger partial charge < -0.3 is 14.4 Å². The van der Waals surface area contributed by atoms with Crippen molar-refractivity contribution in [1.29, 1.82) is 0 Å². The molecule has 0 bridgehead atoms. The molecule has 0 spiro atoms. The van der Waals surface area contributed by atoms with E-state index in [1.54, 1.807) is 18.2 Å². The molecule has 1 aromatic heterocycles. The Balaban J connectivity index is 1.49. The highest BCUT2D eigenvalue weighted by atomic mass is 35.5. The van der Waals surface area contributed by atoms with Gasteiger partial charge in [0.05, 0.1) is 0 Å². The van der Waals surface area contributed by atoms with Gasteiger partial charge in [0, 0.05) is 54.4 Å². The van der Waals surface area contributed by atoms with Crippen LogP contribution in [0.3, 0.4) is 0 Å². The molecule has 0 saturated carbocycles. The van der Waals surface area contributed by atoms with Crippen LogP contribution < -0.4 is 4.90 Å². The number of piperazine rings is 1. The van der Waals surface area contributed by atoms with Crippen molar-refractivity contribution in [2.75, 3.05) is 31.1 Å². The fraction of sp³-hybridized carbons (Fsp3) is 0.286. The molecule has 2 heterocycles. The van der Waals surface area contributed by atoms with E-state index in [4.69, 9.17) is 21.1 Å². The average molecular weight is 403 g/mol. The SMILES string of the molecule is Cc1c(N2CCN(Cc3c(F)cccc3Cl)CC2)ccc2oc(C(=O)O)cc12. The Bertz CT molecular complexity index is 1020. The summed E-state index contributed by atoms with van der Waals surface area (Å²) >= 11 is 6.15. The highest BCUT2D eigenvalue weighted by molar-refractivity contribution is 6.31. The number of aromatic carboxylic acids is 1. The lowest BCUT2D eigenvalue weighted by Gasteiger charge is -2.37. The Kier molecular flexibility index (Phi) is 5.00. The van der Waals surface area contributed by atoms with Gasteiger partial charge in [-0.25, -0.2) is 9.18 Å². The summed E-state index contributed by atoms with van der Waals surface area (Å²) in [4.78, 5) is 15.6. The van der Waals surface area contributed by atoms with Crippen LogP contribution in [0, 0.1) is 12.7 Å². The molecule has 1 saturated heterocycles. The zero-order valence-electron chi connectivity index (χ0n) is 15.4. The molecule has 2 aromatic carbocycles. The molecule has 5 nitrogen and oxygen atoms in total. The van der Waals surface area contributed by atoms with Crippen molar-refractivity contribution < 1.29 is 18.7 Å². The van der Waals surface area contributed by atoms with Crippen LogP contribution in [0.5, 0.6) is 0 Å². The number of carboxylic acid groups (broad SMARTS) is 1. The molecule has 0 atom stereocenters. The molecule has 4 rings (SSSR count). The predicted molar refractivity (Wildman–Crippen MR) is 107 cm³/mol. The fourth-order valence-corrected chi connectivity index (χ4v) is 3.96. The molecule has 1 aliphatic rings. The number of halogens is 2. The Morgan fingerprint density at radius 2 is 1.96 bits per heavy atom. The van der Waals surface area contributed by atoms with Gasteiger partial charge in [0.15, 0.2) is 0 Å². The van der Waals surface area contributed by atoms with Gasteiger partial charge in [-0.05, 0) is 42.8 Å². The van der Waals surface area contributed by atoms with Crippen LogP contribution in [0.2, 0.25) is 5.02 Å². The number of hydrogen-bond donors (Lipinski definition) is 1. The Labute approximate surface area is 166 Å². The molecule has 7 heteroatoms. The minimum absolute atomic E-state index is 0.0539. The minimum Gasteiger partial charge on any atom is -0.475 e. The van der Waals surface area contributed by atoms with Crippen molar-refractivity contribution in [2.24, 2.45) is 0 Å². The molecule has 28 heavy (non-hydrogen) atoms. The van der Waals surface area contributed by atoms with E-state index in [2.05, 4.69) is 9.80 Å². The standard InChI is InChI=1S/C21H20ClFN2O3/c1-13-14-11-20(21(26)27)28-19(14)6-5-18(13)25-9-7-24(8-10-25)12-15-16(22)3-2-4-17(15)23/h2-6,11H,7-10,12H2,1H3,(H,26,27). The quantitative estimate of drug-likeness (QED) is 0.693. The van der Waals surface area contributed by atoms with E-state index in [1.165, 1.54) is 6.07 Å². The second-order valence-corrected chi connectivity index (χ2v) is 7.41. The number of nitrogens with zero attached hydrogens (tertiary/aromatic N) is 2. The van der Waals surface area contributed by atoms with Crippen LogP contribution in [0.4, 0.5) is 10.1 Å². The molecule has 1 fully saturated rings. The normalized spacial score (nSPS) is 15.3. The highest BCUT2D eigenvalue weighted by Crippen LogP contribution is 2.31. The molecule has 1 aliphatic heterocycles. The summed E-state index contributed by atoms with van der Waals surface area (Å²) < 4.78 is 19.4. The number of anilines is 1. The third kappa shape index (κ3) is 3.45. The van der Waals surface area contributed by atoms with E-state index in [0.717, 1.165) is 42.8 Å². The monoisotopic (exact) mass is 402 g/mol. The summed E-state index contributed by atoms with van der Waals surface area (Å²) in [5.74, 6) is -1.40. The number of rotatable bonds is 4. The van der Waals surface area contributed by atoms with E-state index in [0.29, 0.717) is 22.7 Å². The lowest BCUT2D eigenvalue weighted by molar-refractivity contribution is 0.0665. The molecule has 0 aliphatic carbocycles. The number of benzene rings is 2. The first-order valence-electron chi connectivity index (χ1n) is 9.10. The van der Waals surface area contributed by atoms with Crippen molar-refractivity contribution in [3.05, 3.63) is 64.1 Å². The van der Waals surface area contributed by atoms with Gasteiger partial charge in [-0.2, -0.15) is 0 Å². The zero-order chi connectivity index (χ0) is 19.8. The number of fused-ring (bicyclic) bond motifs is 1. The summed E-state index contributed by atoms with van der Waals surface area (Å²) in [6.45, 7) is 5.62. The molecule has 0 unspecified atom stereocenters. The maximum absolute atomic E-state index is 14.0. The molecular formula is C21H20ClFN2O3. The summed E-state index contributed by atoms with van der Waals surface area (Å²) in [7, 11) is 0. The lowest BCUT2D eigenvalue weighted by Crippen LogP contribution is -2.46. The van der Waals surface area contributed by atoms with Crippen LogP contribution in [0.1, 0.15) is 21.7 Å². The average Bonchev–Trinajstić information content (AvgIpc) is 3.12. The molecule has 0 amide bonds. The van der Waals surface area contributed by atoms with E-state index < -0.39 is 5.97 Å². The van der Waals surface area contributed by atoms with Gasteiger partial charge in [-0.1, -0.05) is 17.7 Å². The molecule has 1 N–H and O–H groups in total. The van der Waals surface area contributed by atoms with Gasteiger partial charge in [-0.15, -0.1) is 0 Å². The third-order valence-corrected chi connectivity index (χ3v) is 5.66. The van der Waals surface area contributed by atoms with E-state index in [-0.39, 0.29) is 11.6 Å². The zero-order valence-corrected chi connectivity index (χ0v) is 16.2. The smallest absolute Gasteiger partial charge is 0.371 e. The maximum atomic E-state index is 14.0. The fourth-order valence-electron chi connectivity index (χ4n) is 3.74. The topological polar surface area (TPSA) is 56.9 Å². The first-order chi connectivity index (χ1) is 13.4. The van der Waals surface area contributed by atoms with Crippen LogP contribution in [0.15, 0.2) is 40.8 Å². The number of aryl methyl sites for hydroxylation is 1. The highest BCUT2D eigenvalue weighted by Gasteiger charge is 2.22. The summed E-state index contributed by atoms with van der Waals surface area (Å²) in [6, 6.07) is 10.1.